The first-order chi connectivity index (χ1) is 22.2. The van der Waals surface area contributed by atoms with E-state index in [9.17, 15) is 0 Å². The van der Waals surface area contributed by atoms with E-state index >= 15 is 0 Å². The van der Waals surface area contributed by atoms with E-state index in [-0.39, 0.29) is 0 Å². The Morgan fingerprint density at radius 2 is 1.20 bits per heavy atom. The first-order valence-electron chi connectivity index (χ1n) is 15.6. The summed E-state index contributed by atoms with van der Waals surface area (Å²) in [4.78, 5) is 14.9. The molecule has 0 amide bonds. The SMILES string of the molecule is C1=C(c2nc(-c3ccccc3)nc(-c3ccccc3)n2)C=C(n2c3cccc4c3c3c2cccc3n2nccc42)CC1.CCC. The molecule has 0 radical (unpaired) electrons. The molecule has 0 unspecified atom stereocenters. The van der Waals surface area contributed by atoms with Crippen molar-refractivity contribution in [2.75, 3.05) is 0 Å². The Hall–Kier alpha value is -5.62. The molecule has 0 saturated heterocycles. The molecule has 9 rings (SSSR count). The zero-order valence-electron chi connectivity index (χ0n) is 25.4. The molecule has 0 bridgehead atoms. The highest BCUT2D eigenvalue weighted by Gasteiger charge is 2.22. The van der Waals surface area contributed by atoms with Crippen molar-refractivity contribution in [1.82, 2.24) is 29.1 Å². The average molecular weight is 585 g/mol. The first-order valence-corrected chi connectivity index (χ1v) is 15.6. The zero-order valence-corrected chi connectivity index (χ0v) is 25.4. The summed E-state index contributed by atoms with van der Waals surface area (Å²) in [5.74, 6) is 2.03. The van der Waals surface area contributed by atoms with Gasteiger partial charge in [-0.1, -0.05) is 105 Å². The number of fused-ring (bicyclic) bond motifs is 3. The number of nitrogens with zero attached hydrogens (tertiary/aromatic N) is 6. The molecule has 45 heavy (non-hydrogen) atoms. The fourth-order valence-electron chi connectivity index (χ4n) is 6.44. The second kappa shape index (κ2) is 11.1. The lowest BCUT2D eigenvalue weighted by Gasteiger charge is -2.17. The maximum absolute atomic E-state index is 5.00. The van der Waals surface area contributed by atoms with Gasteiger partial charge in [0.25, 0.3) is 0 Å². The quantitative estimate of drug-likeness (QED) is 0.193. The molecule has 6 heteroatoms. The number of pyridine rings is 1. The van der Waals surface area contributed by atoms with Crippen molar-refractivity contribution >= 4 is 49.5 Å². The standard InChI is InChI=1S/C36H24N6.C3H8/c1-3-10-23(11-4-1)34-38-35(24-12-5-2-6-13-24)40-36(39-34)25-14-7-15-26(22-25)41-29-17-8-16-27-28-20-21-37-42(28)31-19-9-18-30(41)33(31)32(27)29;1-3-2/h1-6,8-14,16-22H,7,15H2;3H2,1-2H3. The Balaban J connectivity index is 0.000000966. The van der Waals surface area contributed by atoms with Crippen molar-refractivity contribution < 1.29 is 0 Å². The molecule has 0 aliphatic heterocycles. The van der Waals surface area contributed by atoms with E-state index in [2.05, 4.69) is 82.6 Å². The van der Waals surface area contributed by atoms with Crippen LogP contribution in [-0.4, -0.2) is 29.1 Å². The van der Waals surface area contributed by atoms with Crippen LogP contribution in [0.3, 0.4) is 0 Å². The van der Waals surface area contributed by atoms with Crippen molar-refractivity contribution in [2.45, 2.75) is 33.1 Å². The second-order valence-electron chi connectivity index (χ2n) is 11.4. The van der Waals surface area contributed by atoms with Gasteiger partial charge in [-0.2, -0.15) is 5.10 Å². The molecule has 1 aliphatic rings. The van der Waals surface area contributed by atoms with Gasteiger partial charge in [0, 0.05) is 38.6 Å². The molecule has 0 atom stereocenters. The highest BCUT2D eigenvalue weighted by Crippen LogP contribution is 2.42. The molecule has 1 aliphatic carbocycles. The monoisotopic (exact) mass is 584 g/mol. The van der Waals surface area contributed by atoms with Gasteiger partial charge in [0.2, 0.25) is 0 Å². The third kappa shape index (κ3) is 4.49. The van der Waals surface area contributed by atoms with Gasteiger partial charge >= 0.3 is 0 Å². The van der Waals surface area contributed by atoms with Crippen LogP contribution in [0.5, 0.6) is 0 Å². The van der Waals surface area contributed by atoms with E-state index in [1.807, 2.05) is 66.9 Å². The van der Waals surface area contributed by atoms with Crippen LogP contribution < -0.4 is 0 Å². The molecule has 0 N–H and O–H groups in total. The van der Waals surface area contributed by atoms with Crippen LogP contribution in [0.2, 0.25) is 0 Å². The Morgan fingerprint density at radius 3 is 1.89 bits per heavy atom. The van der Waals surface area contributed by atoms with Gasteiger partial charge < -0.3 is 4.57 Å². The summed E-state index contributed by atoms with van der Waals surface area (Å²) in [6, 6.07) is 35.5. The van der Waals surface area contributed by atoms with Crippen LogP contribution in [-0.2, 0) is 0 Å². The highest BCUT2D eigenvalue weighted by molar-refractivity contribution is 6.27. The molecule has 4 heterocycles. The van der Waals surface area contributed by atoms with Crippen LogP contribution >= 0.6 is 0 Å². The van der Waals surface area contributed by atoms with Gasteiger partial charge in [-0.25, -0.2) is 19.5 Å². The molecular formula is C39H32N6. The Labute approximate surface area is 261 Å². The highest BCUT2D eigenvalue weighted by atomic mass is 15.2. The number of rotatable bonds is 4. The predicted octanol–water partition coefficient (Wildman–Crippen LogP) is 9.69. The summed E-state index contributed by atoms with van der Waals surface area (Å²) >= 11 is 0. The minimum atomic E-state index is 0.673. The van der Waals surface area contributed by atoms with Crippen LogP contribution in [0.4, 0.5) is 0 Å². The van der Waals surface area contributed by atoms with E-state index in [1.54, 1.807) is 0 Å². The molecule has 8 aromatic rings. The zero-order chi connectivity index (χ0) is 30.3. The lowest BCUT2D eigenvalue weighted by Crippen LogP contribution is -2.05. The average Bonchev–Trinajstić information content (AvgIpc) is 3.73. The Bertz CT molecular complexity index is 2220. The van der Waals surface area contributed by atoms with Gasteiger partial charge in [0.1, 0.15) is 0 Å². The number of aromatic nitrogens is 6. The lowest BCUT2D eigenvalue weighted by molar-refractivity contribution is 0.970. The lowest BCUT2D eigenvalue weighted by atomic mass is 10.0. The van der Waals surface area contributed by atoms with Crippen molar-refractivity contribution in [1.29, 1.82) is 0 Å². The summed E-state index contributed by atoms with van der Waals surface area (Å²) < 4.78 is 4.49. The van der Waals surface area contributed by atoms with Crippen molar-refractivity contribution in [3.63, 3.8) is 0 Å². The summed E-state index contributed by atoms with van der Waals surface area (Å²) in [6.07, 6.45) is 9.47. The maximum atomic E-state index is 5.00. The van der Waals surface area contributed by atoms with Gasteiger partial charge in [0.15, 0.2) is 17.5 Å². The largest absolute Gasteiger partial charge is 0.313 e. The van der Waals surface area contributed by atoms with Crippen molar-refractivity contribution in [3.05, 3.63) is 127 Å². The maximum Gasteiger partial charge on any atom is 0.164 e. The van der Waals surface area contributed by atoms with Crippen molar-refractivity contribution in [2.24, 2.45) is 0 Å². The van der Waals surface area contributed by atoms with E-state index in [1.165, 1.54) is 39.3 Å². The minimum Gasteiger partial charge on any atom is -0.313 e. The normalized spacial score (nSPS) is 13.3. The van der Waals surface area contributed by atoms with Gasteiger partial charge in [0.05, 0.1) is 28.3 Å². The van der Waals surface area contributed by atoms with Gasteiger partial charge in [-0.05, 0) is 43.2 Å². The summed E-state index contributed by atoms with van der Waals surface area (Å²) in [7, 11) is 0. The van der Waals surface area contributed by atoms with Gasteiger partial charge in [-0.3, -0.25) is 0 Å². The van der Waals surface area contributed by atoms with E-state index in [4.69, 9.17) is 15.0 Å². The number of benzene rings is 4. The number of hydrogen-bond acceptors (Lipinski definition) is 4. The number of hydrogen-bond donors (Lipinski definition) is 0. The molecule has 4 aromatic carbocycles. The van der Waals surface area contributed by atoms with Gasteiger partial charge in [-0.15, -0.1) is 0 Å². The first kappa shape index (κ1) is 27.0. The number of allylic oxidation sites excluding steroid dienone is 4. The Kier molecular flexibility index (Phi) is 6.68. The van der Waals surface area contributed by atoms with Crippen LogP contribution in [0.15, 0.2) is 121 Å². The topological polar surface area (TPSA) is 60.9 Å². The summed E-state index contributed by atoms with van der Waals surface area (Å²) in [5.41, 5.74) is 8.83. The van der Waals surface area contributed by atoms with Crippen LogP contribution in [0.25, 0.3) is 72.3 Å². The molecule has 218 valence electrons. The summed E-state index contributed by atoms with van der Waals surface area (Å²) in [5, 5.41) is 8.42. The molecule has 0 spiro atoms. The van der Waals surface area contributed by atoms with E-state index in [0.29, 0.717) is 17.5 Å². The van der Waals surface area contributed by atoms with Crippen molar-refractivity contribution in [3.8, 4) is 22.8 Å². The smallest absolute Gasteiger partial charge is 0.164 e. The summed E-state index contributed by atoms with van der Waals surface area (Å²) in [6.45, 7) is 4.25. The van der Waals surface area contributed by atoms with Crippen LogP contribution in [0, 0.1) is 0 Å². The Morgan fingerprint density at radius 1 is 0.600 bits per heavy atom. The minimum absolute atomic E-state index is 0.673. The van der Waals surface area contributed by atoms with E-state index < -0.39 is 0 Å². The molecular weight excluding hydrogens is 552 g/mol. The van der Waals surface area contributed by atoms with Crippen LogP contribution in [0.1, 0.15) is 38.9 Å². The second-order valence-corrected chi connectivity index (χ2v) is 11.4. The fourth-order valence-corrected chi connectivity index (χ4v) is 6.44. The molecule has 6 nitrogen and oxygen atoms in total. The molecule has 0 fully saturated rings. The van der Waals surface area contributed by atoms with E-state index in [0.717, 1.165) is 40.6 Å². The molecule has 4 aromatic heterocycles. The fraction of sp³-hybridized carbons (Fsp3) is 0.128. The third-order valence-corrected chi connectivity index (χ3v) is 8.27. The third-order valence-electron chi connectivity index (χ3n) is 8.27. The predicted molar refractivity (Wildman–Crippen MR) is 185 cm³/mol. The molecule has 0 saturated carbocycles.